The van der Waals surface area contributed by atoms with Crippen molar-refractivity contribution in [2.45, 2.75) is 39.0 Å². The molecule has 6 nitrogen and oxygen atoms in total. The van der Waals surface area contributed by atoms with Crippen LogP contribution in [0, 0.1) is 19.7 Å². The molecule has 0 aliphatic carbocycles. The van der Waals surface area contributed by atoms with Crippen LogP contribution in [-0.2, 0) is 6.42 Å². The molecule has 1 N–H and O–H groups in total. The van der Waals surface area contributed by atoms with E-state index in [1.807, 2.05) is 29.2 Å². The maximum atomic E-state index is 13.5. The van der Waals surface area contributed by atoms with Crippen LogP contribution < -0.4 is 0 Å². The predicted molar refractivity (Wildman–Crippen MR) is 182 cm³/mol. The molecule has 6 rings (SSSR count). The van der Waals surface area contributed by atoms with Crippen molar-refractivity contribution in [2.24, 2.45) is 0 Å². The number of carbonyl (C=O) groups is 1. The fraction of sp³-hybridized carbons (Fsp3) is 0.447. The van der Waals surface area contributed by atoms with Gasteiger partial charge in [0.2, 0.25) is 0 Å². The van der Waals surface area contributed by atoms with Crippen molar-refractivity contribution in [3.63, 3.8) is 0 Å². The van der Waals surface area contributed by atoms with Crippen molar-refractivity contribution in [3.05, 3.63) is 106 Å². The summed E-state index contributed by atoms with van der Waals surface area (Å²) >= 11 is 0. The summed E-state index contributed by atoms with van der Waals surface area (Å²) < 4.78 is 13.2. The minimum atomic E-state index is -0.195. The second-order valence-electron chi connectivity index (χ2n) is 13.2. The lowest BCUT2D eigenvalue weighted by molar-refractivity contribution is 0.0638. The largest absolute Gasteiger partial charge is 0.358 e. The molecule has 238 valence electrons. The van der Waals surface area contributed by atoms with Crippen molar-refractivity contribution in [3.8, 4) is 0 Å². The first-order valence-electron chi connectivity index (χ1n) is 16.7. The van der Waals surface area contributed by atoms with Gasteiger partial charge in [-0.1, -0.05) is 30.3 Å². The van der Waals surface area contributed by atoms with Gasteiger partial charge in [-0.05, 0) is 105 Å². The average molecular weight is 610 g/mol. The molecule has 2 saturated heterocycles. The van der Waals surface area contributed by atoms with Crippen LogP contribution in [0.15, 0.2) is 66.7 Å². The Morgan fingerprint density at radius 3 is 2.16 bits per heavy atom. The Bertz CT molecular complexity index is 1560. The van der Waals surface area contributed by atoms with Crippen molar-refractivity contribution >= 4 is 16.8 Å². The molecule has 0 spiro atoms. The number of nitrogens with one attached hydrogen (secondary N) is 1. The molecule has 2 aliphatic heterocycles. The lowest BCUT2D eigenvalue weighted by atomic mass is 9.86. The Balaban J connectivity index is 1.10. The maximum absolute atomic E-state index is 13.5. The fourth-order valence-corrected chi connectivity index (χ4v) is 6.97. The number of aromatic nitrogens is 1. The summed E-state index contributed by atoms with van der Waals surface area (Å²) in [5.74, 6) is 0.204. The highest BCUT2D eigenvalue weighted by Crippen LogP contribution is 2.33. The number of aromatic amines is 1. The smallest absolute Gasteiger partial charge is 0.253 e. The molecule has 2 aliphatic rings. The molecule has 45 heavy (non-hydrogen) atoms. The third-order valence-corrected chi connectivity index (χ3v) is 10.1. The van der Waals surface area contributed by atoms with Gasteiger partial charge in [-0.3, -0.25) is 9.69 Å². The molecule has 2 fully saturated rings. The van der Waals surface area contributed by atoms with E-state index in [1.54, 1.807) is 0 Å². The van der Waals surface area contributed by atoms with Crippen LogP contribution >= 0.6 is 0 Å². The predicted octanol–water partition coefficient (Wildman–Crippen LogP) is 6.08. The molecular weight excluding hydrogens is 561 g/mol. The van der Waals surface area contributed by atoms with Crippen molar-refractivity contribution in [1.82, 2.24) is 24.6 Å². The molecule has 1 amide bonds. The molecular formula is C38H48FN5O. The topological polar surface area (TPSA) is 45.8 Å². The highest BCUT2D eigenvalue weighted by atomic mass is 19.1. The Morgan fingerprint density at radius 2 is 1.44 bits per heavy atom. The summed E-state index contributed by atoms with van der Waals surface area (Å²) in [5.41, 5.74) is 8.28. The molecule has 0 bridgehead atoms. The number of aryl methyl sites for hydroxylation is 2. The number of hydrogen-bond donors (Lipinski definition) is 1. The molecule has 1 atom stereocenters. The number of benzene rings is 3. The summed E-state index contributed by atoms with van der Waals surface area (Å²) in [6.45, 7) is 14.2. The number of hydrogen-bond acceptors (Lipinski definition) is 4. The standard InChI is InChI=1S/C38H48FN5O/c1-28-29(2)40-37-15-12-33(27-36(28)37)35(5-4-17-42-21-19-41(3)20-22-42)31-8-10-32(11-9-31)38(45)44-25-23-43(24-26-44)18-16-30-6-13-34(39)14-7-30/h6-15,27,35,40H,4-5,16-26H2,1-3H3. The Kier molecular flexibility index (Phi) is 9.98. The zero-order chi connectivity index (χ0) is 31.3. The van der Waals surface area contributed by atoms with Gasteiger partial charge in [-0.25, -0.2) is 4.39 Å². The van der Waals surface area contributed by atoms with E-state index in [1.165, 1.54) is 45.4 Å². The monoisotopic (exact) mass is 609 g/mol. The summed E-state index contributed by atoms with van der Waals surface area (Å²) in [6, 6.07) is 22.1. The summed E-state index contributed by atoms with van der Waals surface area (Å²) in [6.07, 6.45) is 3.11. The summed E-state index contributed by atoms with van der Waals surface area (Å²) in [7, 11) is 2.21. The Labute approximate surface area is 267 Å². The second-order valence-corrected chi connectivity index (χ2v) is 13.2. The molecule has 7 heteroatoms. The van der Waals surface area contributed by atoms with Crippen LogP contribution in [0.25, 0.3) is 10.9 Å². The van der Waals surface area contributed by atoms with Crippen LogP contribution in [0.4, 0.5) is 4.39 Å². The minimum absolute atomic E-state index is 0.117. The van der Waals surface area contributed by atoms with Crippen LogP contribution in [0.3, 0.4) is 0 Å². The third kappa shape index (κ3) is 7.66. The van der Waals surface area contributed by atoms with E-state index >= 15 is 0 Å². The number of carbonyl (C=O) groups excluding carboxylic acids is 1. The van der Waals surface area contributed by atoms with Gasteiger partial charge in [0.05, 0.1) is 0 Å². The number of nitrogens with zero attached hydrogens (tertiary/aromatic N) is 4. The molecule has 1 unspecified atom stereocenters. The van der Waals surface area contributed by atoms with Gasteiger partial charge in [0.25, 0.3) is 5.91 Å². The van der Waals surface area contributed by atoms with Crippen molar-refractivity contribution in [2.75, 3.05) is 72.5 Å². The van der Waals surface area contributed by atoms with Gasteiger partial charge in [0, 0.05) is 87.0 Å². The van der Waals surface area contributed by atoms with E-state index in [-0.39, 0.29) is 17.6 Å². The van der Waals surface area contributed by atoms with Crippen molar-refractivity contribution < 1.29 is 9.18 Å². The maximum Gasteiger partial charge on any atom is 0.253 e. The minimum Gasteiger partial charge on any atom is -0.358 e. The van der Waals surface area contributed by atoms with E-state index in [4.69, 9.17) is 0 Å². The number of rotatable bonds is 10. The van der Waals surface area contributed by atoms with E-state index < -0.39 is 0 Å². The van der Waals surface area contributed by atoms with E-state index in [9.17, 15) is 9.18 Å². The number of fused-ring (bicyclic) bond motifs is 1. The van der Waals surface area contributed by atoms with Crippen LogP contribution in [0.1, 0.15) is 57.1 Å². The number of amides is 1. The Morgan fingerprint density at radius 1 is 0.800 bits per heavy atom. The first kappa shape index (κ1) is 31.5. The second kappa shape index (κ2) is 14.3. The first-order chi connectivity index (χ1) is 21.8. The Hall–Kier alpha value is -3.52. The lowest BCUT2D eigenvalue weighted by Gasteiger charge is -2.35. The molecule has 1 aromatic heterocycles. The highest BCUT2D eigenvalue weighted by Gasteiger charge is 2.23. The quantitative estimate of drug-likeness (QED) is 0.237. The van der Waals surface area contributed by atoms with Gasteiger partial charge in [0.1, 0.15) is 5.82 Å². The van der Waals surface area contributed by atoms with E-state index in [2.05, 4.69) is 70.9 Å². The number of likely N-dealkylation sites (N-methyl/N-ethyl adjacent to an activating group) is 1. The van der Waals surface area contributed by atoms with E-state index in [0.717, 1.165) is 95.8 Å². The first-order valence-corrected chi connectivity index (χ1v) is 16.7. The van der Waals surface area contributed by atoms with Crippen LogP contribution in [0.5, 0.6) is 0 Å². The zero-order valence-corrected chi connectivity index (χ0v) is 27.2. The number of halogens is 1. The third-order valence-electron chi connectivity index (χ3n) is 10.1. The molecule has 0 radical (unpaired) electrons. The van der Waals surface area contributed by atoms with Gasteiger partial charge in [-0.2, -0.15) is 0 Å². The fourth-order valence-electron chi connectivity index (χ4n) is 6.97. The van der Waals surface area contributed by atoms with Crippen LogP contribution in [-0.4, -0.2) is 103 Å². The zero-order valence-electron chi connectivity index (χ0n) is 27.2. The molecule has 3 aromatic carbocycles. The normalized spacial score (nSPS) is 17.6. The molecule has 0 saturated carbocycles. The lowest BCUT2D eigenvalue weighted by Crippen LogP contribution is -2.49. The number of H-pyrrole nitrogens is 1. The van der Waals surface area contributed by atoms with E-state index in [0.29, 0.717) is 0 Å². The van der Waals surface area contributed by atoms with Crippen LogP contribution in [0.2, 0.25) is 0 Å². The highest BCUT2D eigenvalue weighted by molar-refractivity contribution is 5.94. The van der Waals surface area contributed by atoms with Gasteiger partial charge in [0.15, 0.2) is 0 Å². The van der Waals surface area contributed by atoms with Gasteiger partial charge >= 0.3 is 0 Å². The van der Waals surface area contributed by atoms with Crippen molar-refractivity contribution in [1.29, 1.82) is 0 Å². The van der Waals surface area contributed by atoms with Gasteiger partial charge in [-0.15, -0.1) is 0 Å². The average Bonchev–Trinajstić information content (AvgIpc) is 3.35. The summed E-state index contributed by atoms with van der Waals surface area (Å²) in [5, 5.41) is 1.30. The molecule has 4 aromatic rings. The summed E-state index contributed by atoms with van der Waals surface area (Å²) in [4.78, 5) is 26.4. The van der Waals surface area contributed by atoms with Gasteiger partial charge < -0.3 is 19.7 Å². The SMILES string of the molecule is Cc1[nH]c2ccc(C(CCCN3CCN(C)CC3)c3ccc(C(=O)N4CCN(CCc5ccc(F)cc5)CC4)cc3)cc2c1C. The molecule has 3 heterocycles. The number of piperazine rings is 2.